The van der Waals surface area contributed by atoms with E-state index in [-0.39, 0.29) is 26.0 Å². The van der Waals surface area contributed by atoms with E-state index < -0.39 is 12.0 Å². The minimum Gasteiger partial charge on any atom is -0.665 e. The number of nitrogens with one attached hydrogen (secondary N) is 1. The van der Waals surface area contributed by atoms with Gasteiger partial charge >= 0.3 is 0 Å². The van der Waals surface area contributed by atoms with Gasteiger partial charge in [-0.2, -0.15) is 0 Å². The van der Waals surface area contributed by atoms with Gasteiger partial charge in [0.2, 0.25) is 0 Å². The van der Waals surface area contributed by atoms with Crippen molar-refractivity contribution in [3.05, 3.63) is 5.73 Å². The fourth-order valence-corrected chi connectivity index (χ4v) is 0.479. The Morgan fingerprint density at radius 1 is 0.909 bits per heavy atom. The van der Waals surface area contributed by atoms with E-state index in [1.54, 1.807) is 6.92 Å². The number of carbonyl (C=O) groups is 1. The molecule has 0 aliphatic heterocycles. The van der Waals surface area contributed by atoms with Gasteiger partial charge in [-0.05, 0) is 66.0 Å². The van der Waals surface area contributed by atoms with Crippen LogP contribution in [0.15, 0.2) is 0 Å². The van der Waals surface area contributed by atoms with Crippen LogP contribution in [-0.4, -0.2) is 77.1 Å². The van der Waals surface area contributed by atoms with Gasteiger partial charge in [-0.3, -0.25) is 4.79 Å². The molecule has 2 N–H and O–H groups in total. The standard InChI is InChI=1S/C6H12NO2.3C3H9P.Ir/c1-3-4(2)5(7)6(8)9;3*1-4(2)3;/h4-5,7H,3H2,1-2H3,(H,8,9);3*1-3H3;/q-1;;;;. The SMILES string of the molecule is CCC(C)C([NH-])C(=O)O.CP(C)C.CP(C)C.CP(C)C.[Ir]. The smallest absolute Gasteiger partial charge is 0.285 e. The molecular formula is C15H39IrNO2P3-. The molecule has 2 atom stereocenters. The molecule has 22 heavy (non-hydrogen) atoms. The van der Waals surface area contributed by atoms with E-state index in [2.05, 4.69) is 60.0 Å². The van der Waals surface area contributed by atoms with Crippen LogP contribution >= 0.6 is 23.8 Å². The second kappa shape index (κ2) is 24.6. The second-order valence-corrected chi connectivity index (χ2v) is 14.3. The maximum Gasteiger partial charge on any atom is 0.285 e. The monoisotopic (exact) mass is 551 g/mol. The maximum absolute atomic E-state index is 10.1. The number of aliphatic carboxylic acids is 1. The Morgan fingerprint density at radius 2 is 1.09 bits per heavy atom. The van der Waals surface area contributed by atoms with Crippen molar-refractivity contribution in [1.29, 1.82) is 0 Å². The summed E-state index contributed by atoms with van der Waals surface area (Å²) in [6.45, 7) is 23.7. The van der Waals surface area contributed by atoms with Crippen LogP contribution in [0, 0.1) is 5.92 Å². The zero-order chi connectivity index (χ0) is 18.2. The van der Waals surface area contributed by atoms with Crippen molar-refractivity contribution in [2.75, 3.05) is 60.0 Å². The molecule has 3 nitrogen and oxygen atoms in total. The third kappa shape index (κ3) is 68.6. The molecule has 0 bridgehead atoms. The normalized spacial score (nSPS) is 11.8. The molecule has 0 aliphatic carbocycles. The minimum atomic E-state index is -1.02. The van der Waals surface area contributed by atoms with Gasteiger partial charge in [0, 0.05) is 20.1 Å². The molecule has 0 fully saturated rings. The molecule has 0 aromatic carbocycles. The fourth-order valence-electron chi connectivity index (χ4n) is 0.479. The second-order valence-electron chi connectivity index (χ2n) is 6.23. The molecule has 0 saturated heterocycles. The fraction of sp³-hybridized carbons (Fsp3) is 0.933. The van der Waals surface area contributed by atoms with Crippen molar-refractivity contribution in [1.82, 2.24) is 0 Å². The maximum atomic E-state index is 10.1. The quantitative estimate of drug-likeness (QED) is 0.465. The summed E-state index contributed by atoms with van der Waals surface area (Å²) in [6, 6.07) is -0.949. The molecule has 0 saturated carbocycles. The first-order valence-corrected chi connectivity index (χ1v) is 15.1. The number of rotatable bonds is 3. The van der Waals surface area contributed by atoms with Crippen LogP contribution in [0.4, 0.5) is 0 Å². The van der Waals surface area contributed by atoms with Crippen LogP contribution in [0.3, 0.4) is 0 Å². The summed E-state index contributed by atoms with van der Waals surface area (Å²) >= 11 is 0. The molecule has 0 amide bonds. The van der Waals surface area contributed by atoms with Gasteiger partial charge in [0.05, 0.1) is 0 Å². The Kier molecular flexibility index (Phi) is 38.8. The zero-order valence-corrected chi connectivity index (χ0v) is 21.5. The van der Waals surface area contributed by atoms with Gasteiger partial charge in [-0.25, -0.2) is 0 Å². The summed E-state index contributed by atoms with van der Waals surface area (Å²) in [7, 11) is 1.14. The predicted molar refractivity (Wildman–Crippen MR) is 109 cm³/mol. The summed E-state index contributed by atoms with van der Waals surface area (Å²) in [5.74, 6) is -1.06. The van der Waals surface area contributed by atoms with Gasteiger partial charge in [0.25, 0.3) is 5.97 Å². The summed E-state index contributed by atoms with van der Waals surface area (Å²) in [5, 5.41) is 8.30. The Bertz CT molecular complexity index is 196. The van der Waals surface area contributed by atoms with Crippen molar-refractivity contribution in [3.63, 3.8) is 0 Å². The van der Waals surface area contributed by atoms with Crippen molar-refractivity contribution >= 4 is 29.7 Å². The van der Waals surface area contributed by atoms with Gasteiger partial charge in [-0.1, -0.05) is 26.2 Å². The molecule has 2 unspecified atom stereocenters. The van der Waals surface area contributed by atoms with Crippen LogP contribution in [0.2, 0.25) is 0 Å². The van der Waals surface area contributed by atoms with E-state index in [0.29, 0.717) is 23.8 Å². The summed E-state index contributed by atoms with van der Waals surface area (Å²) in [4.78, 5) is 10.1. The molecule has 1 radical (unpaired) electrons. The van der Waals surface area contributed by atoms with E-state index in [4.69, 9.17) is 10.8 Å². The Morgan fingerprint density at radius 3 is 1.14 bits per heavy atom. The first-order valence-electron chi connectivity index (χ1n) is 7.06. The van der Waals surface area contributed by atoms with Crippen molar-refractivity contribution in [2.45, 2.75) is 26.3 Å². The molecular weight excluding hydrogens is 511 g/mol. The Hall–Kier alpha value is 1.37. The molecule has 141 valence electrons. The van der Waals surface area contributed by atoms with Gasteiger partial charge in [0.15, 0.2) is 0 Å². The number of carboxylic acid groups (broad SMARTS) is 1. The molecule has 0 spiro atoms. The van der Waals surface area contributed by atoms with Crippen LogP contribution < -0.4 is 0 Å². The summed E-state index contributed by atoms with van der Waals surface area (Å²) in [6.07, 6.45) is 0.750. The van der Waals surface area contributed by atoms with E-state index in [1.807, 2.05) is 6.92 Å². The van der Waals surface area contributed by atoms with Gasteiger partial charge < -0.3 is 10.8 Å². The summed E-state index contributed by atoms with van der Waals surface area (Å²) < 4.78 is 0. The number of carboxylic acids is 1. The van der Waals surface area contributed by atoms with E-state index in [1.165, 1.54) is 0 Å². The van der Waals surface area contributed by atoms with Crippen LogP contribution in [0.1, 0.15) is 20.3 Å². The third-order valence-corrected chi connectivity index (χ3v) is 1.48. The van der Waals surface area contributed by atoms with E-state index in [0.717, 1.165) is 6.42 Å². The van der Waals surface area contributed by atoms with Gasteiger partial charge in [0.1, 0.15) is 0 Å². The van der Waals surface area contributed by atoms with E-state index >= 15 is 0 Å². The van der Waals surface area contributed by atoms with Crippen LogP contribution in [0.5, 0.6) is 0 Å². The van der Waals surface area contributed by atoms with Gasteiger partial charge in [-0.15, -0.1) is 23.8 Å². The zero-order valence-electron chi connectivity index (χ0n) is 16.4. The largest absolute Gasteiger partial charge is 0.665 e. The van der Waals surface area contributed by atoms with E-state index in [9.17, 15) is 4.79 Å². The number of hydrogen-bond donors (Lipinski definition) is 1. The minimum absolute atomic E-state index is 0. The molecule has 0 rings (SSSR count). The van der Waals surface area contributed by atoms with Crippen LogP contribution in [-0.2, 0) is 24.9 Å². The van der Waals surface area contributed by atoms with Crippen molar-refractivity contribution in [2.24, 2.45) is 5.92 Å². The first-order chi connectivity index (χ1) is 9.29. The molecule has 7 heteroatoms. The average molecular weight is 551 g/mol. The van der Waals surface area contributed by atoms with Crippen LogP contribution in [0.25, 0.3) is 5.73 Å². The first kappa shape index (κ1) is 34.7. The number of hydrogen-bond acceptors (Lipinski definition) is 1. The van der Waals surface area contributed by atoms with Crippen molar-refractivity contribution < 1.29 is 30.0 Å². The molecule has 0 aromatic rings. The molecule has 0 aromatic heterocycles. The Balaban J connectivity index is -0.0000000632. The average Bonchev–Trinajstić information content (AvgIpc) is 2.24. The molecule has 0 heterocycles. The third-order valence-electron chi connectivity index (χ3n) is 1.48. The Labute approximate surface area is 157 Å². The summed E-state index contributed by atoms with van der Waals surface area (Å²) in [5.41, 5.74) is 7.03. The topological polar surface area (TPSA) is 61.1 Å². The predicted octanol–water partition coefficient (Wildman–Crippen LogP) is 5.61. The van der Waals surface area contributed by atoms with Crippen molar-refractivity contribution in [3.8, 4) is 0 Å². The molecule has 0 aliphatic rings.